The zero-order chi connectivity index (χ0) is 21.6. The molecule has 5 rings (SSSR count). The van der Waals surface area contributed by atoms with E-state index in [9.17, 15) is 4.79 Å². The van der Waals surface area contributed by atoms with Gasteiger partial charge in [0.25, 0.3) is 0 Å². The summed E-state index contributed by atoms with van der Waals surface area (Å²) in [6.07, 6.45) is 15.1. The Bertz CT molecular complexity index is 879. The zero-order valence-electron chi connectivity index (χ0n) is 19.4. The number of pyridine rings is 1. The van der Waals surface area contributed by atoms with Gasteiger partial charge in [-0.15, -0.1) is 0 Å². The Morgan fingerprint density at radius 2 is 2.03 bits per heavy atom. The number of allylic oxidation sites excluding steroid dienone is 2. The molecular formula is C27H37NO3. The van der Waals surface area contributed by atoms with Crippen molar-refractivity contribution in [2.75, 3.05) is 13.2 Å². The largest absolute Gasteiger partial charge is 0.492 e. The summed E-state index contributed by atoms with van der Waals surface area (Å²) in [7, 11) is 0. The third kappa shape index (κ3) is 3.41. The number of carbonyl (C=O) groups is 1. The second-order valence-corrected chi connectivity index (χ2v) is 10.9. The topological polar surface area (TPSA) is 48.4 Å². The van der Waals surface area contributed by atoms with Gasteiger partial charge in [0, 0.05) is 12.6 Å². The first-order valence-corrected chi connectivity index (χ1v) is 12.4. The highest BCUT2D eigenvalue weighted by molar-refractivity contribution is 5.73. The Kier molecular flexibility index (Phi) is 5.38. The lowest BCUT2D eigenvalue weighted by Gasteiger charge is -2.58. The standard InChI is InChI=1S/C27H37NO3/c1-4-12-30-20-14-18(16-28-17-20)22-7-8-23-21-6-5-19-15-25(29)31-13-11-26(19,2)24(21)9-10-27(22,23)3/h7,14,16-17,19,21,23-24H,4-6,8-13,15H2,1-3H3/t19?,21?,23-,24?,26?,27?/m0/s1. The average molecular weight is 424 g/mol. The molecule has 3 fully saturated rings. The molecule has 168 valence electrons. The van der Waals surface area contributed by atoms with E-state index in [-0.39, 0.29) is 16.8 Å². The van der Waals surface area contributed by atoms with E-state index in [4.69, 9.17) is 9.47 Å². The molecule has 4 nitrogen and oxygen atoms in total. The first kappa shape index (κ1) is 21.0. The van der Waals surface area contributed by atoms with Crippen LogP contribution in [-0.2, 0) is 9.53 Å². The number of nitrogens with zero attached hydrogens (tertiary/aromatic N) is 1. The number of hydrogen-bond acceptors (Lipinski definition) is 4. The van der Waals surface area contributed by atoms with E-state index in [2.05, 4.69) is 37.9 Å². The van der Waals surface area contributed by atoms with E-state index < -0.39 is 0 Å². The summed E-state index contributed by atoms with van der Waals surface area (Å²) in [5, 5.41) is 0. The highest BCUT2D eigenvalue weighted by atomic mass is 16.5. The monoisotopic (exact) mass is 423 g/mol. The van der Waals surface area contributed by atoms with Gasteiger partial charge in [0.05, 0.1) is 19.4 Å². The van der Waals surface area contributed by atoms with Crippen LogP contribution < -0.4 is 4.74 Å². The first-order valence-electron chi connectivity index (χ1n) is 12.4. The minimum absolute atomic E-state index is 0.0234. The van der Waals surface area contributed by atoms with Crippen molar-refractivity contribution in [3.05, 3.63) is 30.1 Å². The number of fused-ring (bicyclic) bond motifs is 5. The molecular weight excluding hydrogens is 386 g/mol. The third-order valence-corrected chi connectivity index (χ3v) is 9.46. The van der Waals surface area contributed by atoms with Crippen LogP contribution in [0.1, 0.15) is 77.7 Å². The van der Waals surface area contributed by atoms with Crippen LogP contribution in [-0.4, -0.2) is 24.2 Å². The van der Waals surface area contributed by atoms with Gasteiger partial charge >= 0.3 is 5.97 Å². The van der Waals surface area contributed by atoms with Gasteiger partial charge in [-0.25, -0.2) is 0 Å². The van der Waals surface area contributed by atoms with Crippen molar-refractivity contribution in [3.8, 4) is 5.75 Å². The minimum Gasteiger partial charge on any atom is -0.492 e. The quantitative estimate of drug-likeness (QED) is 0.552. The summed E-state index contributed by atoms with van der Waals surface area (Å²) in [4.78, 5) is 16.6. The maximum atomic E-state index is 12.1. The van der Waals surface area contributed by atoms with Gasteiger partial charge in [0.2, 0.25) is 0 Å². The molecule has 0 aromatic carbocycles. The van der Waals surface area contributed by atoms with Crippen molar-refractivity contribution in [3.63, 3.8) is 0 Å². The molecule has 0 bridgehead atoms. The molecule has 3 aliphatic carbocycles. The molecule has 2 saturated carbocycles. The second-order valence-electron chi connectivity index (χ2n) is 10.9. The molecule has 2 heterocycles. The molecule has 0 spiro atoms. The maximum absolute atomic E-state index is 12.1. The number of rotatable bonds is 4. The molecule has 0 amide bonds. The van der Waals surface area contributed by atoms with Crippen molar-refractivity contribution in [2.45, 2.75) is 72.1 Å². The van der Waals surface area contributed by atoms with Gasteiger partial charge in [0.1, 0.15) is 5.75 Å². The Morgan fingerprint density at radius 1 is 1.16 bits per heavy atom. The van der Waals surface area contributed by atoms with E-state index in [1.165, 1.54) is 43.2 Å². The van der Waals surface area contributed by atoms with Crippen LogP contribution in [0, 0.1) is 34.5 Å². The number of hydrogen-bond donors (Lipinski definition) is 0. The fraction of sp³-hybridized carbons (Fsp3) is 0.704. The van der Waals surface area contributed by atoms with Crippen LogP contribution in [0.25, 0.3) is 5.57 Å². The predicted octanol–water partition coefficient (Wildman–Crippen LogP) is 6.06. The van der Waals surface area contributed by atoms with Crippen molar-refractivity contribution < 1.29 is 14.3 Å². The molecule has 6 atom stereocenters. The molecule has 1 aliphatic heterocycles. The number of aromatic nitrogens is 1. The molecule has 1 aromatic rings. The summed E-state index contributed by atoms with van der Waals surface area (Å²) in [5.41, 5.74) is 3.18. The predicted molar refractivity (Wildman–Crippen MR) is 121 cm³/mol. The summed E-state index contributed by atoms with van der Waals surface area (Å²) in [6, 6.07) is 2.20. The van der Waals surface area contributed by atoms with Crippen LogP contribution in [0.5, 0.6) is 5.75 Å². The van der Waals surface area contributed by atoms with E-state index in [0.717, 1.165) is 31.1 Å². The first-order chi connectivity index (χ1) is 15.0. The van der Waals surface area contributed by atoms with Crippen LogP contribution in [0.3, 0.4) is 0 Å². The van der Waals surface area contributed by atoms with Gasteiger partial charge in [-0.05, 0) is 96.7 Å². The fourth-order valence-electron chi connectivity index (χ4n) is 7.78. The second kappa shape index (κ2) is 7.94. The van der Waals surface area contributed by atoms with E-state index >= 15 is 0 Å². The molecule has 0 N–H and O–H groups in total. The molecule has 1 saturated heterocycles. The average Bonchev–Trinajstić information content (AvgIpc) is 3.03. The number of cyclic esters (lactones) is 1. The Morgan fingerprint density at radius 3 is 2.87 bits per heavy atom. The molecule has 4 heteroatoms. The van der Waals surface area contributed by atoms with Gasteiger partial charge in [-0.1, -0.05) is 26.8 Å². The van der Waals surface area contributed by atoms with Gasteiger partial charge < -0.3 is 9.47 Å². The molecule has 5 unspecified atom stereocenters. The Hall–Kier alpha value is -1.84. The van der Waals surface area contributed by atoms with Crippen LogP contribution >= 0.6 is 0 Å². The molecule has 0 radical (unpaired) electrons. The molecule has 1 aromatic heterocycles. The fourth-order valence-corrected chi connectivity index (χ4v) is 7.78. The van der Waals surface area contributed by atoms with Crippen molar-refractivity contribution >= 4 is 11.5 Å². The normalized spacial score (nSPS) is 39.5. The summed E-state index contributed by atoms with van der Waals surface area (Å²) in [6.45, 7) is 8.45. The lowest BCUT2D eigenvalue weighted by atomic mass is 9.46. The van der Waals surface area contributed by atoms with E-state index in [1.54, 1.807) is 0 Å². The van der Waals surface area contributed by atoms with Crippen molar-refractivity contribution in [1.82, 2.24) is 4.98 Å². The summed E-state index contributed by atoms with van der Waals surface area (Å²) in [5.74, 6) is 3.56. The minimum atomic E-state index is 0.0234. The summed E-state index contributed by atoms with van der Waals surface area (Å²) >= 11 is 0. The van der Waals surface area contributed by atoms with Gasteiger partial charge in [0.15, 0.2) is 0 Å². The lowest BCUT2D eigenvalue weighted by molar-refractivity contribution is -0.143. The molecule has 4 aliphatic rings. The number of carbonyl (C=O) groups excluding carboxylic acids is 1. The molecule has 31 heavy (non-hydrogen) atoms. The van der Waals surface area contributed by atoms with E-state index in [0.29, 0.717) is 30.8 Å². The van der Waals surface area contributed by atoms with Gasteiger partial charge in [-0.2, -0.15) is 0 Å². The third-order valence-electron chi connectivity index (χ3n) is 9.46. The van der Waals surface area contributed by atoms with Crippen LogP contribution in [0.2, 0.25) is 0 Å². The summed E-state index contributed by atoms with van der Waals surface area (Å²) < 4.78 is 11.4. The number of ether oxygens (including phenoxy) is 2. The van der Waals surface area contributed by atoms with E-state index in [1.807, 2.05) is 12.4 Å². The van der Waals surface area contributed by atoms with Crippen LogP contribution in [0.15, 0.2) is 24.5 Å². The highest BCUT2D eigenvalue weighted by Crippen LogP contribution is 2.66. The lowest BCUT2D eigenvalue weighted by Crippen LogP contribution is -2.51. The zero-order valence-corrected chi connectivity index (χ0v) is 19.4. The Balaban J connectivity index is 1.40. The highest BCUT2D eigenvalue weighted by Gasteiger charge is 2.58. The van der Waals surface area contributed by atoms with Gasteiger partial charge in [-0.3, -0.25) is 9.78 Å². The smallest absolute Gasteiger partial charge is 0.306 e. The van der Waals surface area contributed by atoms with Crippen molar-refractivity contribution in [2.24, 2.45) is 34.5 Å². The van der Waals surface area contributed by atoms with Crippen molar-refractivity contribution in [1.29, 1.82) is 0 Å². The maximum Gasteiger partial charge on any atom is 0.306 e. The van der Waals surface area contributed by atoms with Crippen LogP contribution in [0.4, 0.5) is 0 Å². The SMILES string of the molecule is CCCOc1cncc(C2=CC[C@H]3C4CCC5CC(=O)OCCC5(C)C4CCC23C)c1. The number of esters is 1. The Labute approximate surface area is 186 Å².